The van der Waals surface area contributed by atoms with E-state index in [4.69, 9.17) is 0 Å². The summed E-state index contributed by atoms with van der Waals surface area (Å²) in [4.78, 5) is 0. The molecule has 0 aliphatic rings. The molecule has 114 valence electrons. The van der Waals surface area contributed by atoms with Crippen LogP contribution in [0, 0.1) is 5.92 Å². The fourth-order valence-electron chi connectivity index (χ4n) is 2.17. The number of hydrogen-bond acceptors (Lipinski definition) is 3. The van der Waals surface area contributed by atoms with Gasteiger partial charge in [-0.15, -0.1) is 0 Å². The van der Waals surface area contributed by atoms with E-state index in [9.17, 15) is 8.42 Å². The summed E-state index contributed by atoms with van der Waals surface area (Å²) >= 11 is 0. The van der Waals surface area contributed by atoms with Crippen LogP contribution in [0.4, 0.5) is 0 Å². The fourth-order valence-corrected chi connectivity index (χ4v) is 2.68. The highest BCUT2D eigenvalue weighted by Crippen LogP contribution is 2.23. The Kier molecular flexibility index (Phi) is 7.19. The SMILES string of the molecule is CC(C)C(CNCCCNS(C)(=O)=O)c1ccccc1. The molecule has 0 heterocycles. The van der Waals surface area contributed by atoms with Crippen molar-refractivity contribution in [1.82, 2.24) is 10.0 Å². The van der Waals surface area contributed by atoms with Gasteiger partial charge in [0.25, 0.3) is 0 Å². The van der Waals surface area contributed by atoms with Crippen LogP contribution in [0.3, 0.4) is 0 Å². The molecule has 1 rings (SSSR count). The third-order valence-corrected chi connectivity index (χ3v) is 4.02. The van der Waals surface area contributed by atoms with Gasteiger partial charge in [0, 0.05) is 13.1 Å². The Balaban J connectivity index is 2.31. The van der Waals surface area contributed by atoms with Crippen LogP contribution >= 0.6 is 0 Å². The first-order chi connectivity index (χ1) is 9.40. The molecule has 0 bridgehead atoms. The van der Waals surface area contributed by atoms with Crippen LogP contribution in [0.15, 0.2) is 30.3 Å². The molecule has 0 fully saturated rings. The van der Waals surface area contributed by atoms with Gasteiger partial charge >= 0.3 is 0 Å². The third kappa shape index (κ3) is 7.03. The maximum Gasteiger partial charge on any atom is 0.208 e. The summed E-state index contributed by atoms with van der Waals surface area (Å²) < 4.78 is 24.3. The van der Waals surface area contributed by atoms with Gasteiger partial charge in [-0.2, -0.15) is 0 Å². The number of hydrogen-bond donors (Lipinski definition) is 2. The van der Waals surface area contributed by atoms with Crippen LogP contribution in [0.5, 0.6) is 0 Å². The maximum absolute atomic E-state index is 10.9. The summed E-state index contributed by atoms with van der Waals surface area (Å²) in [5.41, 5.74) is 1.35. The summed E-state index contributed by atoms with van der Waals surface area (Å²) in [6.07, 6.45) is 1.98. The van der Waals surface area contributed by atoms with Crippen molar-refractivity contribution in [3.8, 4) is 0 Å². The molecule has 0 saturated heterocycles. The van der Waals surface area contributed by atoms with E-state index in [1.165, 1.54) is 11.8 Å². The van der Waals surface area contributed by atoms with Crippen LogP contribution in [0.25, 0.3) is 0 Å². The van der Waals surface area contributed by atoms with Gasteiger partial charge in [0.05, 0.1) is 6.26 Å². The minimum Gasteiger partial charge on any atom is -0.316 e. The molecule has 4 nitrogen and oxygen atoms in total. The van der Waals surface area contributed by atoms with Gasteiger partial charge < -0.3 is 5.32 Å². The van der Waals surface area contributed by atoms with Crippen LogP contribution in [-0.4, -0.2) is 34.3 Å². The minimum absolute atomic E-state index is 0.485. The molecule has 5 heteroatoms. The zero-order valence-electron chi connectivity index (χ0n) is 12.6. The molecular weight excluding hydrogens is 272 g/mol. The van der Waals surface area contributed by atoms with Crippen molar-refractivity contribution in [1.29, 1.82) is 0 Å². The lowest BCUT2D eigenvalue weighted by Crippen LogP contribution is -2.29. The van der Waals surface area contributed by atoms with Gasteiger partial charge in [-0.05, 0) is 30.4 Å². The van der Waals surface area contributed by atoms with Gasteiger partial charge in [0.15, 0.2) is 0 Å². The average Bonchev–Trinajstić information content (AvgIpc) is 2.37. The second-order valence-electron chi connectivity index (χ2n) is 5.49. The van der Waals surface area contributed by atoms with Crippen molar-refractivity contribution in [2.24, 2.45) is 5.92 Å². The van der Waals surface area contributed by atoms with Gasteiger partial charge in [-0.3, -0.25) is 0 Å². The quantitative estimate of drug-likeness (QED) is 0.685. The topological polar surface area (TPSA) is 58.2 Å². The molecule has 20 heavy (non-hydrogen) atoms. The van der Waals surface area contributed by atoms with E-state index in [-0.39, 0.29) is 0 Å². The van der Waals surface area contributed by atoms with E-state index in [0.29, 0.717) is 18.4 Å². The molecule has 0 aliphatic heterocycles. The molecule has 0 radical (unpaired) electrons. The second kappa shape index (κ2) is 8.39. The summed E-state index contributed by atoms with van der Waals surface area (Å²) in [6, 6.07) is 10.5. The lowest BCUT2D eigenvalue weighted by Gasteiger charge is -2.22. The maximum atomic E-state index is 10.9. The van der Waals surface area contributed by atoms with Gasteiger partial charge in [-0.25, -0.2) is 13.1 Å². The van der Waals surface area contributed by atoms with Crippen molar-refractivity contribution in [2.75, 3.05) is 25.9 Å². The Bertz CT molecular complexity index is 472. The monoisotopic (exact) mass is 298 g/mol. The summed E-state index contributed by atoms with van der Waals surface area (Å²) in [5.74, 6) is 1.05. The predicted octanol–water partition coefficient (Wildman–Crippen LogP) is 1.96. The third-order valence-electron chi connectivity index (χ3n) is 3.29. The standard InChI is InChI=1S/C15H26N2O2S/c1-13(2)15(14-8-5-4-6-9-14)12-16-10-7-11-17-20(3,18)19/h4-6,8-9,13,15-17H,7,10-12H2,1-3H3. The van der Waals surface area contributed by atoms with Crippen LogP contribution in [-0.2, 0) is 10.0 Å². The Morgan fingerprint density at radius 1 is 1.10 bits per heavy atom. The molecule has 2 N–H and O–H groups in total. The highest BCUT2D eigenvalue weighted by atomic mass is 32.2. The average molecular weight is 298 g/mol. The first-order valence-electron chi connectivity index (χ1n) is 7.10. The number of nitrogens with one attached hydrogen (secondary N) is 2. The van der Waals surface area contributed by atoms with E-state index in [1.807, 2.05) is 6.07 Å². The van der Waals surface area contributed by atoms with Gasteiger partial charge in [0.1, 0.15) is 0 Å². The zero-order chi connectivity index (χ0) is 15.0. The summed E-state index contributed by atoms with van der Waals surface area (Å²) in [5, 5.41) is 3.42. The number of sulfonamides is 1. The predicted molar refractivity (Wildman–Crippen MR) is 84.4 cm³/mol. The molecule has 1 atom stereocenters. The first kappa shape index (κ1) is 17.1. The van der Waals surface area contributed by atoms with Crippen LogP contribution in [0.2, 0.25) is 0 Å². The van der Waals surface area contributed by atoms with Gasteiger partial charge in [0.2, 0.25) is 10.0 Å². The molecule has 1 aromatic rings. The van der Waals surface area contributed by atoms with Crippen LogP contribution < -0.4 is 10.0 Å². The molecule has 1 unspecified atom stereocenters. The van der Waals surface area contributed by atoms with Crippen LogP contribution in [0.1, 0.15) is 31.7 Å². The van der Waals surface area contributed by atoms with Crippen molar-refractivity contribution < 1.29 is 8.42 Å². The Morgan fingerprint density at radius 3 is 2.30 bits per heavy atom. The molecule has 0 aliphatic carbocycles. The van der Waals surface area contributed by atoms with E-state index in [0.717, 1.165) is 19.5 Å². The lowest BCUT2D eigenvalue weighted by molar-refractivity contribution is 0.459. The summed E-state index contributed by atoms with van der Waals surface area (Å²) in [7, 11) is -3.06. The molecule has 0 saturated carbocycles. The second-order valence-corrected chi connectivity index (χ2v) is 7.32. The molecule has 1 aromatic carbocycles. The summed E-state index contributed by atoms with van der Waals surface area (Å²) in [6.45, 7) is 6.68. The minimum atomic E-state index is -3.06. The Morgan fingerprint density at radius 2 is 1.75 bits per heavy atom. The van der Waals surface area contributed by atoms with E-state index in [2.05, 4.69) is 48.2 Å². The van der Waals surface area contributed by atoms with E-state index >= 15 is 0 Å². The number of benzene rings is 1. The molecule has 0 aromatic heterocycles. The van der Waals surface area contributed by atoms with E-state index in [1.54, 1.807) is 0 Å². The Hall–Kier alpha value is -0.910. The van der Waals surface area contributed by atoms with Crippen molar-refractivity contribution in [3.63, 3.8) is 0 Å². The number of rotatable bonds is 9. The zero-order valence-corrected chi connectivity index (χ0v) is 13.4. The highest BCUT2D eigenvalue weighted by Gasteiger charge is 2.14. The molecular formula is C15H26N2O2S. The van der Waals surface area contributed by atoms with E-state index < -0.39 is 10.0 Å². The van der Waals surface area contributed by atoms with Gasteiger partial charge in [-0.1, -0.05) is 44.2 Å². The fraction of sp³-hybridized carbons (Fsp3) is 0.600. The Labute approximate surface area is 123 Å². The van der Waals surface area contributed by atoms with Crippen molar-refractivity contribution in [3.05, 3.63) is 35.9 Å². The normalized spacial score (nSPS) is 13.6. The largest absolute Gasteiger partial charge is 0.316 e. The van der Waals surface area contributed by atoms with Crippen molar-refractivity contribution in [2.45, 2.75) is 26.2 Å². The molecule has 0 amide bonds. The molecule has 0 spiro atoms. The smallest absolute Gasteiger partial charge is 0.208 e. The first-order valence-corrected chi connectivity index (χ1v) is 8.99. The van der Waals surface area contributed by atoms with Crippen molar-refractivity contribution >= 4 is 10.0 Å². The lowest BCUT2D eigenvalue weighted by atomic mass is 9.88. The highest BCUT2D eigenvalue weighted by molar-refractivity contribution is 7.88.